The first kappa shape index (κ1) is 18.0. The van der Waals surface area contributed by atoms with Gasteiger partial charge in [-0.3, -0.25) is 4.79 Å². The second-order valence-electron chi connectivity index (χ2n) is 5.15. The molecular weight excluding hydrogens is 416 g/mol. The van der Waals surface area contributed by atoms with Crippen LogP contribution in [0.15, 0.2) is 75.6 Å². The first-order chi connectivity index (χ1) is 12.6. The van der Waals surface area contributed by atoms with Crippen LogP contribution in [0.2, 0.25) is 0 Å². The summed E-state index contributed by atoms with van der Waals surface area (Å²) < 4.78 is 6.14. The molecule has 0 atom stereocenters. The van der Waals surface area contributed by atoms with E-state index in [2.05, 4.69) is 26.5 Å². The maximum Gasteiger partial charge on any atom is 0.353 e. The average molecular weight is 429 g/mol. The number of thiophene rings is 1. The molecule has 0 saturated carbocycles. The molecule has 130 valence electrons. The third kappa shape index (κ3) is 4.87. The number of carbonyl (C=O) groups excluding carboxylic acids is 2. The first-order valence-corrected chi connectivity index (χ1v) is 9.24. The number of ether oxygens (including phenoxy) is 1. The van der Waals surface area contributed by atoms with Crippen molar-refractivity contribution in [1.29, 1.82) is 0 Å². The molecule has 1 aromatic heterocycles. The lowest BCUT2D eigenvalue weighted by molar-refractivity contribution is 0.0739. The van der Waals surface area contributed by atoms with Crippen LogP contribution in [0, 0.1) is 0 Å². The summed E-state index contributed by atoms with van der Waals surface area (Å²) in [6.45, 7) is 0. The molecule has 0 aliphatic heterocycles. The number of rotatable bonds is 5. The van der Waals surface area contributed by atoms with E-state index in [-0.39, 0.29) is 5.91 Å². The molecule has 3 aromatic rings. The minimum atomic E-state index is -0.406. The highest BCUT2D eigenvalue weighted by Crippen LogP contribution is 2.16. The molecule has 0 aliphatic carbocycles. The van der Waals surface area contributed by atoms with Gasteiger partial charge in [-0.25, -0.2) is 10.2 Å². The summed E-state index contributed by atoms with van der Waals surface area (Å²) in [4.78, 5) is 24.5. The number of hydrazone groups is 1. The van der Waals surface area contributed by atoms with Gasteiger partial charge in [0.05, 0.1) is 6.21 Å². The topological polar surface area (TPSA) is 67.8 Å². The number of nitrogens with zero attached hydrogens (tertiary/aromatic N) is 1. The molecule has 0 bridgehead atoms. The van der Waals surface area contributed by atoms with Crippen molar-refractivity contribution in [3.63, 3.8) is 0 Å². The van der Waals surface area contributed by atoms with Crippen LogP contribution in [0.5, 0.6) is 5.75 Å². The van der Waals surface area contributed by atoms with Crippen molar-refractivity contribution in [1.82, 2.24) is 5.43 Å². The number of carbonyl (C=O) groups is 2. The SMILES string of the molecule is O=C(N/N=C/c1cccc(OC(=O)c2cccs2)c1)c1cccc(Br)c1. The van der Waals surface area contributed by atoms with Crippen molar-refractivity contribution in [2.24, 2.45) is 5.10 Å². The van der Waals surface area contributed by atoms with E-state index >= 15 is 0 Å². The number of esters is 1. The van der Waals surface area contributed by atoms with Crippen LogP contribution in [-0.2, 0) is 0 Å². The van der Waals surface area contributed by atoms with E-state index in [0.29, 0.717) is 21.8 Å². The Hall–Kier alpha value is -2.77. The molecule has 0 unspecified atom stereocenters. The fourth-order valence-electron chi connectivity index (χ4n) is 2.07. The Morgan fingerprint density at radius 3 is 2.69 bits per heavy atom. The van der Waals surface area contributed by atoms with Gasteiger partial charge in [0, 0.05) is 10.0 Å². The number of amides is 1. The molecule has 2 aromatic carbocycles. The molecule has 0 radical (unpaired) electrons. The van der Waals surface area contributed by atoms with Gasteiger partial charge in [0.25, 0.3) is 5.91 Å². The fourth-order valence-corrected chi connectivity index (χ4v) is 3.07. The van der Waals surface area contributed by atoms with Crippen LogP contribution < -0.4 is 10.2 Å². The summed E-state index contributed by atoms with van der Waals surface area (Å²) in [7, 11) is 0. The number of nitrogens with one attached hydrogen (secondary N) is 1. The van der Waals surface area contributed by atoms with E-state index in [1.807, 2.05) is 11.4 Å². The van der Waals surface area contributed by atoms with E-state index in [1.165, 1.54) is 17.6 Å². The molecule has 7 heteroatoms. The maximum absolute atomic E-state index is 12.0. The van der Waals surface area contributed by atoms with Gasteiger partial charge in [0.2, 0.25) is 0 Å². The molecule has 3 rings (SSSR count). The second kappa shape index (κ2) is 8.55. The Kier molecular flexibility index (Phi) is 5.93. The van der Waals surface area contributed by atoms with Crippen LogP contribution in [0.3, 0.4) is 0 Å². The standard InChI is InChI=1S/C19H13BrN2O3S/c20-15-6-2-5-14(11-15)18(23)22-21-12-13-4-1-7-16(10-13)25-19(24)17-8-3-9-26-17/h1-12H,(H,22,23)/b21-12+. The Morgan fingerprint density at radius 2 is 1.92 bits per heavy atom. The monoisotopic (exact) mass is 428 g/mol. The van der Waals surface area contributed by atoms with Gasteiger partial charge in [0.1, 0.15) is 10.6 Å². The molecule has 0 spiro atoms. The lowest BCUT2D eigenvalue weighted by Crippen LogP contribution is -2.17. The summed E-state index contributed by atoms with van der Waals surface area (Å²) in [6, 6.07) is 17.4. The minimum absolute atomic E-state index is 0.317. The summed E-state index contributed by atoms with van der Waals surface area (Å²) in [5, 5.41) is 5.75. The van der Waals surface area contributed by atoms with Gasteiger partial charge in [-0.15, -0.1) is 11.3 Å². The lowest BCUT2D eigenvalue weighted by Gasteiger charge is -2.03. The van der Waals surface area contributed by atoms with Crippen LogP contribution in [0.4, 0.5) is 0 Å². The summed E-state index contributed by atoms with van der Waals surface area (Å²) in [5.41, 5.74) is 3.65. The van der Waals surface area contributed by atoms with Crippen molar-refractivity contribution >= 4 is 45.4 Å². The highest BCUT2D eigenvalue weighted by molar-refractivity contribution is 9.10. The van der Waals surface area contributed by atoms with E-state index in [1.54, 1.807) is 54.6 Å². The number of hydrogen-bond acceptors (Lipinski definition) is 5. The zero-order valence-electron chi connectivity index (χ0n) is 13.4. The highest BCUT2D eigenvalue weighted by Gasteiger charge is 2.09. The van der Waals surface area contributed by atoms with Crippen LogP contribution in [-0.4, -0.2) is 18.1 Å². The maximum atomic E-state index is 12.0. The second-order valence-corrected chi connectivity index (χ2v) is 7.01. The highest BCUT2D eigenvalue weighted by atomic mass is 79.9. The van der Waals surface area contributed by atoms with Crippen molar-refractivity contribution in [3.05, 3.63) is 86.5 Å². The average Bonchev–Trinajstić information content (AvgIpc) is 3.17. The van der Waals surface area contributed by atoms with Gasteiger partial charge in [-0.1, -0.05) is 40.2 Å². The minimum Gasteiger partial charge on any atom is -0.422 e. The van der Waals surface area contributed by atoms with Crippen molar-refractivity contribution in [3.8, 4) is 5.75 Å². The summed E-state index contributed by atoms with van der Waals surface area (Å²) in [5.74, 6) is -0.314. The van der Waals surface area contributed by atoms with Crippen molar-refractivity contribution in [2.45, 2.75) is 0 Å². The predicted molar refractivity (Wildman–Crippen MR) is 105 cm³/mol. The molecule has 26 heavy (non-hydrogen) atoms. The summed E-state index contributed by atoms with van der Waals surface area (Å²) >= 11 is 4.64. The lowest BCUT2D eigenvalue weighted by atomic mass is 10.2. The van der Waals surface area contributed by atoms with E-state index < -0.39 is 5.97 Å². The van der Waals surface area contributed by atoms with Gasteiger partial charge >= 0.3 is 5.97 Å². The largest absolute Gasteiger partial charge is 0.422 e. The van der Waals surface area contributed by atoms with E-state index in [0.717, 1.165) is 4.47 Å². The third-order valence-electron chi connectivity index (χ3n) is 3.26. The van der Waals surface area contributed by atoms with Gasteiger partial charge < -0.3 is 4.74 Å². The zero-order valence-corrected chi connectivity index (χ0v) is 15.8. The Labute approximate surface area is 162 Å². The predicted octanol–water partition coefficient (Wildman–Crippen LogP) is 4.49. The first-order valence-electron chi connectivity index (χ1n) is 7.56. The molecule has 1 heterocycles. The quantitative estimate of drug-likeness (QED) is 0.281. The van der Waals surface area contributed by atoms with Crippen molar-refractivity contribution in [2.75, 3.05) is 0 Å². The third-order valence-corrected chi connectivity index (χ3v) is 4.60. The fraction of sp³-hybridized carbons (Fsp3) is 0. The van der Waals surface area contributed by atoms with Gasteiger partial charge in [0.15, 0.2) is 0 Å². The Bertz CT molecular complexity index is 955. The molecule has 5 nitrogen and oxygen atoms in total. The van der Waals surface area contributed by atoms with Crippen LogP contribution in [0.25, 0.3) is 0 Å². The van der Waals surface area contributed by atoms with Crippen molar-refractivity contribution < 1.29 is 14.3 Å². The molecular formula is C19H13BrN2O3S. The van der Waals surface area contributed by atoms with Crippen LogP contribution >= 0.6 is 27.3 Å². The van der Waals surface area contributed by atoms with Crippen LogP contribution in [0.1, 0.15) is 25.6 Å². The van der Waals surface area contributed by atoms with Gasteiger partial charge in [-0.2, -0.15) is 5.10 Å². The summed E-state index contributed by atoms with van der Waals surface area (Å²) in [6.07, 6.45) is 1.48. The zero-order chi connectivity index (χ0) is 18.4. The molecule has 1 N–H and O–H groups in total. The molecule has 1 amide bonds. The number of benzene rings is 2. The van der Waals surface area contributed by atoms with E-state index in [4.69, 9.17) is 4.74 Å². The molecule has 0 aliphatic rings. The smallest absolute Gasteiger partial charge is 0.353 e. The van der Waals surface area contributed by atoms with E-state index in [9.17, 15) is 9.59 Å². The van der Waals surface area contributed by atoms with Gasteiger partial charge in [-0.05, 0) is 47.3 Å². The molecule has 0 saturated heterocycles. The normalized spacial score (nSPS) is 10.7. The number of hydrogen-bond donors (Lipinski definition) is 1. The number of halogens is 1. The molecule has 0 fully saturated rings. The Morgan fingerprint density at radius 1 is 1.08 bits per heavy atom. The Balaban J connectivity index is 1.62.